The molecule has 27 heavy (non-hydrogen) atoms. The van der Waals surface area contributed by atoms with Gasteiger partial charge in [0.25, 0.3) is 15.9 Å². The number of carboxylic acids is 1. The van der Waals surface area contributed by atoms with Gasteiger partial charge in [0.2, 0.25) is 0 Å². The van der Waals surface area contributed by atoms with Gasteiger partial charge in [-0.1, -0.05) is 18.2 Å². The van der Waals surface area contributed by atoms with Gasteiger partial charge in [0, 0.05) is 17.1 Å². The summed E-state index contributed by atoms with van der Waals surface area (Å²) in [4.78, 5) is 28.3. The van der Waals surface area contributed by atoms with Crippen LogP contribution in [0, 0.1) is 13.8 Å². The normalized spacial score (nSPS) is 11.5. The third kappa shape index (κ3) is 3.55. The molecule has 0 aliphatic carbocycles. The third-order valence-electron chi connectivity index (χ3n) is 4.29. The maximum absolute atomic E-state index is 12.6. The number of fused-ring (bicyclic) bond motifs is 1. The molecule has 0 bridgehead atoms. The van der Waals surface area contributed by atoms with E-state index in [0.29, 0.717) is 16.5 Å². The number of nitrogens with one attached hydrogen (secondary N) is 3. The van der Waals surface area contributed by atoms with E-state index in [9.17, 15) is 18.0 Å². The number of carboxylic acid groups (broad SMARTS) is 1. The Balaban J connectivity index is 1.87. The van der Waals surface area contributed by atoms with Crippen molar-refractivity contribution in [1.29, 1.82) is 0 Å². The van der Waals surface area contributed by atoms with Crippen LogP contribution in [-0.4, -0.2) is 30.4 Å². The number of hydrazine groups is 1. The zero-order valence-corrected chi connectivity index (χ0v) is 15.3. The number of H-pyrrole nitrogens is 1. The van der Waals surface area contributed by atoms with Gasteiger partial charge in [-0.25, -0.2) is 13.2 Å². The van der Waals surface area contributed by atoms with Crippen LogP contribution >= 0.6 is 0 Å². The van der Waals surface area contributed by atoms with Crippen LogP contribution in [0.4, 0.5) is 0 Å². The lowest BCUT2D eigenvalue weighted by molar-refractivity contribution is 0.0696. The molecule has 0 spiro atoms. The Kier molecular flexibility index (Phi) is 4.73. The van der Waals surface area contributed by atoms with Crippen LogP contribution in [0.2, 0.25) is 0 Å². The summed E-state index contributed by atoms with van der Waals surface area (Å²) in [5, 5.41) is 9.79. The van der Waals surface area contributed by atoms with E-state index in [2.05, 4.69) is 10.4 Å². The zero-order valence-electron chi connectivity index (χ0n) is 14.5. The highest BCUT2D eigenvalue weighted by molar-refractivity contribution is 7.89. The predicted molar refractivity (Wildman–Crippen MR) is 99.0 cm³/mol. The van der Waals surface area contributed by atoms with Crippen molar-refractivity contribution in [3.8, 4) is 0 Å². The SMILES string of the molecule is Cc1cc(C(=O)O)cc(S(=O)(=O)NNC(=O)c2c[nH]c3ccccc23)c1C. The van der Waals surface area contributed by atoms with Gasteiger partial charge in [0.05, 0.1) is 16.0 Å². The number of aromatic nitrogens is 1. The van der Waals surface area contributed by atoms with E-state index in [1.165, 1.54) is 12.3 Å². The molecule has 0 atom stereocenters. The summed E-state index contributed by atoms with van der Waals surface area (Å²) in [6.45, 7) is 3.18. The summed E-state index contributed by atoms with van der Waals surface area (Å²) in [6.07, 6.45) is 1.48. The standard InChI is InChI=1S/C18H17N3O5S/c1-10-7-12(18(23)24)8-16(11(10)2)27(25,26)21-20-17(22)14-9-19-15-6-4-3-5-13(14)15/h3-9,19,21H,1-2H3,(H,20,22)(H,23,24). The Bertz CT molecular complexity index is 1160. The summed E-state index contributed by atoms with van der Waals surface area (Å²) in [6, 6.07) is 9.55. The number of rotatable bonds is 5. The molecule has 3 aromatic rings. The van der Waals surface area contributed by atoms with E-state index in [0.717, 1.165) is 11.6 Å². The number of aromatic carboxylic acids is 1. The number of benzene rings is 2. The van der Waals surface area contributed by atoms with Crippen LogP contribution in [-0.2, 0) is 10.0 Å². The first-order chi connectivity index (χ1) is 12.7. The van der Waals surface area contributed by atoms with Crippen LogP contribution in [0.1, 0.15) is 31.8 Å². The van der Waals surface area contributed by atoms with E-state index in [1.54, 1.807) is 32.0 Å². The van der Waals surface area contributed by atoms with Gasteiger partial charge >= 0.3 is 5.97 Å². The van der Waals surface area contributed by atoms with Crippen molar-refractivity contribution in [3.63, 3.8) is 0 Å². The van der Waals surface area contributed by atoms with Gasteiger partial charge in [-0.3, -0.25) is 10.2 Å². The number of hydrogen-bond acceptors (Lipinski definition) is 4. The first-order valence-electron chi connectivity index (χ1n) is 7.93. The van der Waals surface area contributed by atoms with Crippen LogP contribution in [0.5, 0.6) is 0 Å². The molecule has 9 heteroatoms. The largest absolute Gasteiger partial charge is 0.478 e. The van der Waals surface area contributed by atoms with E-state index in [1.807, 2.05) is 10.9 Å². The molecule has 1 amide bonds. The summed E-state index contributed by atoms with van der Waals surface area (Å²) < 4.78 is 25.2. The summed E-state index contributed by atoms with van der Waals surface area (Å²) in [5.41, 5.74) is 3.94. The van der Waals surface area contributed by atoms with Crippen molar-refractivity contribution in [2.75, 3.05) is 0 Å². The lowest BCUT2D eigenvalue weighted by Crippen LogP contribution is -2.41. The summed E-state index contributed by atoms with van der Waals surface area (Å²) >= 11 is 0. The highest BCUT2D eigenvalue weighted by Gasteiger charge is 2.22. The molecular formula is C18H17N3O5S. The first-order valence-corrected chi connectivity index (χ1v) is 9.42. The van der Waals surface area contributed by atoms with Crippen molar-refractivity contribution in [2.24, 2.45) is 0 Å². The average molecular weight is 387 g/mol. The number of aromatic amines is 1. The number of carbonyl (C=O) groups is 2. The predicted octanol–water partition coefficient (Wildman–Crippen LogP) is 2.11. The molecule has 0 aliphatic heterocycles. The minimum atomic E-state index is -4.16. The quantitative estimate of drug-likeness (QED) is 0.499. The Morgan fingerprint density at radius 2 is 1.81 bits per heavy atom. The molecule has 0 saturated heterocycles. The number of amides is 1. The average Bonchev–Trinajstić information content (AvgIpc) is 3.05. The molecular weight excluding hydrogens is 370 g/mol. The molecule has 140 valence electrons. The first kappa shape index (κ1) is 18.6. The Labute approximate surface area is 155 Å². The van der Waals surface area contributed by atoms with Crippen molar-refractivity contribution in [3.05, 3.63) is 64.8 Å². The number of para-hydroxylation sites is 1. The van der Waals surface area contributed by atoms with Crippen molar-refractivity contribution in [1.82, 2.24) is 15.2 Å². The summed E-state index contributed by atoms with van der Waals surface area (Å²) in [7, 11) is -4.16. The van der Waals surface area contributed by atoms with E-state index < -0.39 is 21.9 Å². The van der Waals surface area contributed by atoms with Gasteiger partial charge in [0.1, 0.15) is 0 Å². The minimum Gasteiger partial charge on any atom is -0.478 e. The molecule has 4 N–H and O–H groups in total. The highest BCUT2D eigenvalue weighted by Crippen LogP contribution is 2.21. The second-order valence-corrected chi connectivity index (χ2v) is 7.68. The van der Waals surface area contributed by atoms with Gasteiger partial charge in [-0.05, 0) is 43.2 Å². The Morgan fingerprint density at radius 3 is 2.52 bits per heavy atom. The van der Waals surface area contributed by atoms with Gasteiger partial charge in [-0.2, -0.15) is 0 Å². The molecule has 0 radical (unpaired) electrons. The van der Waals surface area contributed by atoms with E-state index in [-0.39, 0.29) is 16.0 Å². The molecule has 0 fully saturated rings. The molecule has 1 heterocycles. The van der Waals surface area contributed by atoms with Crippen LogP contribution in [0.25, 0.3) is 10.9 Å². The lowest BCUT2D eigenvalue weighted by Gasteiger charge is -2.13. The number of sulfonamides is 1. The van der Waals surface area contributed by atoms with E-state index in [4.69, 9.17) is 5.11 Å². The third-order valence-corrected chi connectivity index (χ3v) is 5.66. The number of hydrogen-bond donors (Lipinski definition) is 4. The minimum absolute atomic E-state index is 0.151. The summed E-state index contributed by atoms with van der Waals surface area (Å²) in [5.74, 6) is -1.88. The molecule has 1 aromatic heterocycles. The van der Waals surface area contributed by atoms with Crippen LogP contribution in [0.15, 0.2) is 47.5 Å². The van der Waals surface area contributed by atoms with Crippen molar-refractivity contribution >= 4 is 32.8 Å². The van der Waals surface area contributed by atoms with Crippen molar-refractivity contribution in [2.45, 2.75) is 18.7 Å². The Morgan fingerprint density at radius 1 is 1.11 bits per heavy atom. The van der Waals surface area contributed by atoms with Gasteiger partial charge in [0.15, 0.2) is 0 Å². The monoisotopic (exact) mass is 387 g/mol. The van der Waals surface area contributed by atoms with Crippen LogP contribution < -0.4 is 10.3 Å². The number of aryl methyl sites for hydroxylation is 1. The lowest BCUT2D eigenvalue weighted by atomic mass is 10.1. The Hall–Kier alpha value is -3.17. The van der Waals surface area contributed by atoms with Gasteiger partial charge < -0.3 is 10.1 Å². The smallest absolute Gasteiger partial charge is 0.335 e. The van der Waals surface area contributed by atoms with Crippen molar-refractivity contribution < 1.29 is 23.1 Å². The topological polar surface area (TPSA) is 128 Å². The fraction of sp³-hybridized carbons (Fsp3) is 0.111. The molecule has 8 nitrogen and oxygen atoms in total. The van der Waals surface area contributed by atoms with Crippen LogP contribution in [0.3, 0.4) is 0 Å². The maximum atomic E-state index is 12.6. The highest BCUT2D eigenvalue weighted by atomic mass is 32.2. The van der Waals surface area contributed by atoms with Gasteiger partial charge in [-0.15, -0.1) is 4.83 Å². The maximum Gasteiger partial charge on any atom is 0.335 e. The zero-order chi connectivity index (χ0) is 19.8. The number of carbonyl (C=O) groups excluding carboxylic acids is 1. The fourth-order valence-electron chi connectivity index (χ4n) is 2.72. The molecule has 0 saturated carbocycles. The molecule has 0 unspecified atom stereocenters. The second kappa shape index (κ2) is 6.86. The molecule has 2 aromatic carbocycles. The fourth-order valence-corrected chi connectivity index (χ4v) is 3.91. The van der Waals surface area contributed by atoms with E-state index >= 15 is 0 Å². The molecule has 0 aliphatic rings. The molecule has 3 rings (SSSR count). The second-order valence-electron chi connectivity index (χ2n) is 6.03.